The predicted molar refractivity (Wildman–Crippen MR) is 224 cm³/mol. The molecule has 1 aliphatic rings. The Kier molecular flexibility index (Phi) is 6.02. The summed E-state index contributed by atoms with van der Waals surface area (Å²) in [5.41, 5.74) is 11.5. The van der Waals surface area contributed by atoms with Gasteiger partial charge in [0, 0.05) is 43.6 Å². The van der Waals surface area contributed by atoms with Crippen LogP contribution < -0.4 is 4.90 Å². The number of para-hydroxylation sites is 2. The van der Waals surface area contributed by atoms with Crippen LogP contribution in [0.1, 0.15) is 0 Å². The van der Waals surface area contributed by atoms with Crippen molar-refractivity contribution in [2.45, 2.75) is 0 Å². The van der Waals surface area contributed by atoms with Crippen LogP contribution in [-0.4, -0.2) is 9.97 Å². The van der Waals surface area contributed by atoms with Gasteiger partial charge in [-0.25, -0.2) is 9.97 Å². The summed E-state index contributed by atoms with van der Waals surface area (Å²) >= 11 is 0. The number of fused-ring (bicyclic) bond motifs is 9. The molecule has 11 aromatic rings. The molecule has 0 saturated heterocycles. The van der Waals surface area contributed by atoms with Crippen LogP contribution in [0, 0.1) is 0 Å². The highest BCUT2D eigenvalue weighted by Crippen LogP contribution is 2.54. The SMILES string of the molecule is c1ccc2c3c(ccc2c1)N(c1ccc(-c2nc(-c4cccc5oc6ccccc6c45)c4ccccc4n2)c2ccccc12)c1cccc2cccc-3c12. The first kappa shape index (κ1) is 29.3. The zero-order chi connectivity index (χ0) is 35.3. The summed E-state index contributed by atoms with van der Waals surface area (Å²) in [7, 11) is 0. The maximum absolute atomic E-state index is 6.31. The fraction of sp³-hybridized carbons (Fsp3) is 0. The van der Waals surface area contributed by atoms with Crippen molar-refractivity contribution in [2.75, 3.05) is 4.90 Å². The van der Waals surface area contributed by atoms with E-state index in [1.165, 1.54) is 44.0 Å². The summed E-state index contributed by atoms with van der Waals surface area (Å²) in [6.45, 7) is 0. The monoisotopic (exact) mass is 687 g/mol. The zero-order valence-corrected chi connectivity index (χ0v) is 29.0. The van der Waals surface area contributed by atoms with Crippen molar-refractivity contribution in [3.05, 3.63) is 176 Å². The lowest BCUT2D eigenvalue weighted by Crippen LogP contribution is -2.15. The highest BCUT2D eigenvalue weighted by Gasteiger charge is 2.29. The van der Waals surface area contributed by atoms with E-state index in [9.17, 15) is 0 Å². The van der Waals surface area contributed by atoms with Crippen LogP contribution in [0.15, 0.2) is 180 Å². The van der Waals surface area contributed by atoms with Crippen molar-refractivity contribution in [1.29, 1.82) is 0 Å². The molecular formula is C50H29N3O. The largest absolute Gasteiger partial charge is 0.456 e. The molecule has 0 unspecified atom stereocenters. The number of hydrogen-bond acceptors (Lipinski definition) is 4. The highest BCUT2D eigenvalue weighted by atomic mass is 16.3. The van der Waals surface area contributed by atoms with Gasteiger partial charge in [0.1, 0.15) is 11.2 Å². The number of anilines is 3. The number of furan rings is 1. The van der Waals surface area contributed by atoms with Crippen LogP contribution in [0.2, 0.25) is 0 Å². The van der Waals surface area contributed by atoms with Gasteiger partial charge in [-0.15, -0.1) is 0 Å². The average molecular weight is 688 g/mol. The Hall–Kier alpha value is -7.30. The number of hydrogen-bond donors (Lipinski definition) is 0. The summed E-state index contributed by atoms with van der Waals surface area (Å²) in [5, 5.41) is 10.3. The molecule has 0 spiro atoms. The molecule has 0 radical (unpaired) electrons. The van der Waals surface area contributed by atoms with Gasteiger partial charge in [0.15, 0.2) is 5.82 Å². The van der Waals surface area contributed by atoms with Gasteiger partial charge in [0.05, 0.1) is 28.3 Å². The van der Waals surface area contributed by atoms with E-state index in [2.05, 4.69) is 157 Å². The minimum Gasteiger partial charge on any atom is -0.456 e. The van der Waals surface area contributed by atoms with Crippen molar-refractivity contribution >= 4 is 82.2 Å². The van der Waals surface area contributed by atoms with Gasteiger partial charge in [0.2, 0.25) is 0 Å². The van der Waals surface area contributed by atoms with E-state index >= 15 is 0 Å². The second-order valence-corrected chi connectivity index (χ2v) is 14.1. The van der Waals surface area contributed by atoms with Crippen molar-refractivity contribution in [1.82, 2.24) is 9.97 Å². The normalized spacial score (nSPS) is 12.4. The maximum Gasteiger partial charge on any atom is 0.161 e. The summed E-state index contributed by atoms with van der Waals surface area (Å²) in [5.74, 6) is 0.689. The number of nitrogens with zero attached hydrogens (tertiary/aromatic N) is 3. The molecule has 0 bridgehead atoms. The fourth-order valence-electron chi connectivity index (χ4n) is 8.88. The number of benzene rings is 9. The Balaban J connectivity index is 1.12. The Morgan fingerprint density at radius 2 is 1.04 bits per heavy atom. The van der Waals surface area contributed by atoms with Gasteiger partial charge in [-0.3, -0.25) is 0 Å². The molecule has 4 heteroatoms. The van der Waals surface area contributed by atoms with E-state index in [4.69, 9.17) is 14.4 Å². The molecule has 0 atom stereocenters. The summed E-state index contributed by atoms with van der Waals surface area (Å²) in [6, 6.07) is 62.5. The van der Waals surface area contributed by atoms with Gasteiger partial charge in [-0.1, -0.05) is 133 Å². The van der Waals surface area contributed by atoms with Crippen molar-refractivity contribution < 1.29 is 4.42 Å². The molecule has 0 fully saturated rings. The first-order valence-corrected chi connectivity index (χ1v) is 18.3. The molecule has 2 aromatic heterocycles. The third kappa shape index (κ3) is 4.08. The lowest BCUT2D eigenvalue weighted by atomic mass is 9.87. The Morgan fingerprint density at radius 3 is 1.94 bits per heavy atom. The van der Waals surface area contributed by atoms with Crippen LogP contribution in [0.3, 0.4) is 0 Å². The van der Waals surface area contributed by atoms with Crippen LogP contribution >= 0.6 is 0 Å². The van der Waals surface area contributed by atoms with Gasteiger partial charge < -0.3 is 9.32 Å². The molecule has 0 N–H and O–H groups in total. The van der Waals surface area contributed by atoms with Gasteiger partial charge >= 0.3 is 0 Å². The Bertz CT molecular complexity index is 3350. The van der Waals surface area contributed by atoms with E-state index in [0.29, 0.717) is 5.82 Å². The first-order chi connectivity index (χ1) is 26.8. The standard InChI is InChI=1S/C50H29N3O/c1-2-15-32-30(12-1)26-28-43-47(32)38-20-9-13-31-14-10-23-42(46(31)38)53(43)41-29-27-35(33-16-3-4-17-34(33)41)50-51-40-22-7-5-18-36(40)49(52-50)39-21-11-25-45-48(39)37-19-6-8-24-44(37)54-45/h1-29H. The first-order valence-electron chi connectivity index (χ1n) is 18.3. The predicted octanol–water partition coefficient (Wildman–Crippen LogP) is 13.8. The molecule has 1 aliphatic heterocycles. The second kappa shape index (κ2) is 11.1. The van der Waals surface area contributed by atoms with E-state index in [1.54, 1.807) is 0 Å². The van der Waals surface area contributed by atoms with E-state index in [1.807, 2.05) is 24.3 Å². The molecule has 12 rings (SSSR count). The lowest BCUT2D eigenvalue weighted by molar-refractivity contribution is 0.669. The van der Waals surface area contributed by atoms with Crippen LogP contribution in [0.4, 0.5) is 17.1 Å². The summed E-state index contributed by atoms with van der Waals surface area (Å²) < 4.78 is 6.31. The average Bonchev–Trinajstić information content (AvgIpc) is 3.62. The van der Waals surface area contributed by atoms with Gasteiger partial charge in [-0.05, 0) is 69.6 Å². The maximum atomic E-state index is 6.31. The van der Waals surface area contributed by atoms with E-state index in [0.717, 1.165) is 66.1 Å². The fourth-order valence-corrected chi connectivity index (χ4v) is 8.88. The Morgan fingerprint density at radius 1 is 0.370 bits per heavy atom. The minimum absolute atomic E-state index is 0.689. The topological polar surface area (TPSA) is 42.2 Å². The number of aromatic nitrogens is 2. The van der Waals surface area contributed by atoms with Crippen LogP contribution in [0.5, 0.6) is 0 Å². The van der Waals surface area contributed by atoms with Gasteiger partial charge in [-0.2, -0.15) is 0 Å². The minimum atomic E-state index is 0.689. The van der Waals surface area contributed by atoms with Crippen molar-refractivity contribution in [3.63, 3.8) is 0 Å². The van der Waals surface area contributed by atoms with Crippen LogP contribution in [0.25, 0.3) is 98.9 Å². The smallest absolute Gasteiger partial charge is 0.161 e. The van der Waals surface area contributed by atoms with E-state index in [-0.39, 0.29) is 0 Å². The van der Waals surface area contributed by atoms with Gasteiger partial charge in [0.25, 0.3) is 0 Å². The molecule has 0 amide bonds. The number of rotatable bonds is 3. The zero-order valence-electron chi connectivity index (χ0n) is 29.0. The molecule has 54 heavy (non-hydrogen) atoms. The molecule has 0 aliphatic carbocycles. The third-order valence-electron chi connectivity index (χ3n) is 11.2. The second-order valence-electron chi connectivity index (χ2n) is 14.1. The van der Waals surface area contributed by atoms with Crippen LogP contribution in [-0.2, 0) is 0 Å². The Labute approximate surface area is 310 Å². The summed E-state index contributed by atoms with van der Waals surface area (Å²) in [4.78, 5) is 13.1. The molecule has 3 heterocycles. The molecular weight excluding hydrogens is 659 g/mol. The molecule has 4 nitrogen and oxygen atoms in total. The molecule has 0 saturated carbocycles. The summed E-state index contributed by atoms with van der Waals surface area (Å²) in [6.07, 6.45) is 0. The van der Waals surface area contributed by atoms with E-state index < -0.39 is 0 Å². The third-order valence-corrected chi connectivity index (χ3v) is 11.2. The lowest BCUT2D eigenvalue weighted by Gasteiger charge is -2.35. The quantitative estimate of drug-likeness (QED) is 0.185. The molecule has 250 valence electrons. The highest BCUT2D eigenvalue weighted by molar-refractivity contribution is 6.21. The van der Waals surface area contributed by atoms with Crippen molar-refractivity contribution in [3.8, 4) is 33.8 Å². The van der Waals surface area contributed by atoms with Crippen molar-refractivity contribution in [2.24, 2.45) is 0 Å². The molecule has 9 aromatic carbocycles.